The number of rotatable bonds is 7. The lowest BCUT2D eigenvalue weighted by molar-refractivity contribution is -0.131. The minimum atomic E-state index is -3.42. The first kappa shape index (κ1) is 21.7. The Hall–Kier alpha value is -1.61. The maximum absolute atomic E-state index is 13.7. The molecule has 2 unspecified atom stereocenters. The number of halogens is 3. The van der Waals surface area contributed by atoms with Gasteiger partial charge in [0.2, 0.25) is 5.91 Å². The smallest absolute Gasteiger partial charge is 0.238 e. The SMILES string of the molecule is CC1CCC(CC[C@H](N)Cc2cc(F)c(F)cc2F)N1C(=O)CS(C)(=O)=O. The maximum atomic E-state index is 13.7. The van der Waals surface area contributed by atoms with Crippen LogP contribution in [0.2, 0.25) is 0 Å². The van der Waals surface area contributed by atoms with Crippen LogP contribution in [-0.4, -0.2) is 49.4 Å². The third-order valence-corrected chi connectivity index (χ3v) is 5.67. The summed E-state index contributed by atoms with van der Waals surface area (Å²) in [6.45, 7) is 1.87. The molecule has 0 bridgehead atoms. The van der Waals surface area contributed by atoms with E-state index in [-0.39, 0.29) is 24.1 Å². The highest BCUT2D eigenvalue weighted by Gasteiger charge is 2.35. The predicted molar refractivity (Wildman–Crippen MR) is 96.3 cm³/mol. The van der Waals surface area contributed by atoms with Gasteiger partial charge in [-0.05, 0) is 50.7 Å². The topological polar surface area (TPSA) is 80.5 Å². The van der Waals surface area contributed by atoms with Crippen LogP contribution < -0.4 is 5.73 Å². The second kappa shape index (κ2) is 8.60. The molecule has 2 N–H and O–H groups in total. The fraction of sp³-hybridized carbons (Fsp3) is 0.611. The lowest BCUT2D eigenvalue weighted by Crippen LogP contribution is -2.43. The van der Waals surface area contributed by atoms with E-state index in [1.807, 2.05) is 6.92 Å². The van der Waals surface area contributed by atoms with Crippen LogP contribution >= 0.6 is 0 Å². The second-order valence-electron chi connectivity index (χ2n) is 7.35. The van der Waals surface area contributed by atoms with Crippen molar-refractivity contribution in [3.05, 3.63) is 35.1 Å². The molecule has 1 aliphatic rings. The van der Waals surface area contributed by atoms with Crippen molar-refractivity contribution < 1.29 is 26.4 Å². The van der Waals surface area contributed by atoms with E-state index < -0.39 is 45.0 Å². The van der Waals surface area contributed by atoms with Crippen LogP contribution in [0, 0.1) is 17.5 Å². The van der Waals surface area contributed by atoms with Crippen molar-refractivity contribution in [1.29, 1.82) is 0 Å². The Labute approximate surface area is 157 Å². The molecule has 9 heteroatoms. The zero-order valence-corrected chi connectivity index (χ0v) is 16.2. The van der Waals surface area contributed by atoms with Crippen LogP contribution in [0.3, 0.4) is 0 Å². The van der Waals surface area contributed by atoms with Crippen LogP contribution in [0.4, 0.5) is 13.2 Å². The molecule has 1 aromatic carbocycles. The Bertz CT molecular complexity index is 801. The van der Waals surface area contributed by atoms with Gasteiger partial charge in [-0.3, -0.25) is 4.79 Å². The van der Waals surface area contributed by atoms with E-state index in [0.717, 1.165) is 25.2 Å². The third-order valence-electron chi connectivity index (χ3n) is 4.90. The minimum Gasteiger partial charge on any atom is -0.336 e. The lowest BCUT2D eigenvalue weighted by atomic mass is 9.98. The monoisotopic (exact) mass is 406 g/mol. The van der Waals surface area contributed by atoms with Crippen molar-refractivity contribution in [2.75, 3.05) is 12.0 Å². The zero-order chi connectivity index (χ0) is 20.4. The molecule has 0 saturated carbocycles. The van der Waals surface area contributed by atoms with Gasteiger partial charge >= 0.3 is 0 Å². The molecule has 1 saturated heterocycles. The van der Waals surface area contributed by atoms with Gasteiger partial charge < -0.3 is 10.6 Å². The summed E-state index contributed by atoms with van der Waals surface area (Å²) in [5, 5.41) is 0. The Morgan fingerprint density at radius 3 is 2.48 bits per heavy atom. The molecule has 0 radical (unpaired) electrons. The van der Waals surface area contributed by atoms with Crippen molar-refractivity contribution in [3.63, 3.8) is 0 Å². The van der Waals surface area contributed by atoms with E-state index in [1.54, 1.807) is 4.90 Å². The van der Waals surface area contributed by atoms with E-state index in [0.29, 0.717) is 18.9 Å². The molecule has 0 spiro atoms. The van der Waals surface area contributed by atoms with Gasteiger partial charge in [0, 0.05) is 30.4 Å². The molecule has 1 fully saturated rings. The number of carbonyl (C=O) groups excluding carboxylic acids is 1. The highest BCUT2D eigenvalue weighted by molar-refractivity contribution is 7.91. The van der Waals surface area contributed by atoms with Crippen molar-refractivity contribution in [3.8, 4) is 0 Å². The Kier molecular flexibility index (Phi) is 6.91. The van der Waals surface area contributed by atoms with Crippen LogP contribution in [0.15, 0.2) is 12.1 Å². The molecule has 1 aliphatic heterocycles. The zero-order valence-electron chi connectivity index (χ0n) is 15.4. The molecule has 2 rings (SSSR count). The van der Waals surface area contributed by atoms with E-state index in [2.05, 4.69) is 0 Å². The Morgan fingerprint density at radius 2 is 1.85 bits per heavy atom. The van der Waals surface area contributed by atoms with Crippen LogP contribution in [0.1, 0.15) is 38.2 Å². The van der Waals surface area contributed by atoms with E-state index in [9.17, 15) is 26.4 Å². The number of nitrogens with two attached hydrogens (primary N) is 1. The molecule has 5 nitrogen and oxygen atoms in total. The summed E-state index contributed by atoms with van der Waals surface area (Å²) in [6, 6.07) is 0.637. The van der Waals surface area contributed by atoms with Gasteiger partial charge in [0.15, 0.2) is 21.5 Å². The van der Waals surface area contributed by atoms with E-state index in [4.69, 9.17) is 5.73 Å². The fourth-order valence-electron chi connectivity index (χ4n) is 3.61. The standard InChI is InChI=1S/C18H25F3N2O3S/c1-11-3-5-14(23(11)18(24)10-27(2,25)26)6-4-13(22)7-12-8-16(20)17(21)9-15(12)19/h8-9,11,13-14H,3-7,10,22H2,1-2H3/t11?,13-,14?/m0/s1. The van der Waals surface area contributed by atoms with Crippen LogP contribution in [0.25, 0.3) is 0 Å². The Morgan fingerprint density at radius 1 is 1.22 bits per heavy atom. The van der Waals surface area contributed by atoms with Gasteiger partial charge in [-0.15, -0.1) is 0 Å². The molecule has 152 valence electrons. The number of sulfone groups is 1. The molecule has 3 atom stereocenters. The number of hydrogen-bond acceptors (Lipinski definition) is 4. The largest absolute Gasteiger partial charge is 0.336 e. The summed E-state index contributed by atoms with van der Waals surface area (Å²) in [7, 11) is -3.42. The number of hydrogen-bond donors (Lipinski definition) is 1. The summed E-state index contributed by atoms with van der Waals surface area (Å²) in [5.74, 6) is -4.16. The molecular formula is C18H25F3N2O3S. The van der Waals surface area contributed by atoms with Gasteiger partial charge in [0.05, 0.1) is 0 Å². The van der Waals surface area contributed by atoms with Crippen molar-refractivity contribution >= 4 is 15.7 Å². The highest BCUT2D eigenvalue weighted by atomic mass is 32.2. The van der Waals surface area contributed by atoms with Gasteiger partial charge in [0.25, 0.3) is 0 Å². The fourth-order valence-corrected chi connectivity index (χ4v) is 4.21. The summed E-state index contributed by atoms with van der Waals surface area (Å²) in [4.78, 5) is 13.9. The predicted octanol–water partition coefficient (Wildman–Crippen LogP) is 2.18. The molecule has 1 amide bonds. The summed E-state index contributed by atoms with van der Waals surface area (Å²) in [5.41, 5.74) is 6.02. The van der Waals surface area contributed by atoms with Crippen molar-refractivity contribution in [2.45, 2.75) is 57.2 Å². The second-order valence-corrected chi connectivity index (χ2v) is 9.49. The molecular weight excluding hydrogens is 381 g/mol. The van der Waals surface area contributed by atoms with Gasteiger partial charge in [0.1, 0.15) is 11.6 Å². The highest BCUT2D eigenvalue weighted by Crippen LogP contribution is 2.28. The number of nitrogens with zero attached hydrogens (tertiary/aromatic N) is 1. The molecule has 0 aliphatic carbocycles. The summed E-state index contributed by atoms with van der Waals surface area (Å²) >= 11 is 0. The molecule has 0 aromatic heterocycles. The number of likely N-dealkylation sites (tertiary alicyclic amines) is 1. The normalized spacial score (nSPS) is 21.5. The minimum absolute atomic E-state index is 0.00574. The van der Waals surface area contributed by atoms with Crippen LogP contribution in [0.5, 0.6) is 0 Å². The molecule has 1 aromatic rings. The average Bonchev–Trinajstić information content (AvgIpc) is 2.90. The Balaban J connectivity index is 1.96. The van der Waals surface area contributed by atoms with Gasteiger partial charge in [-0.2, -0.15) is 0 Å². The number of benzene rings is 1. The molecule has 27 heavy (non-hydrogen) atoms. The van der Waals surface area contributed by atoms with E-state index >= 15 is 0 Å². The van der Waals surface area contributed by atoms with Crippen molar-refractivity contribution in [1.82, 2.24) is 4.90 Å². The first-order valence-electron chi connectivity index (χ1n) is 8.86. The first-order valence-corrected chi connectivity index (χ1v) is 10.9. The van der Waals surface area contributed by atoms with Gasteiger partial charge in [-0.25, -0.2) is 21.6 Å². The number of amides is 1. The third kappa shape index (κ3) is 5.93. The van der Waals surface area contributed by atoms with E-state index in [1.165, 1.54) is 0 Å². The quantitative estimate of drug-likeness (QED) is 0.704. The lowest BCUT2D eigenvalue weighted by Gasteiger charge is -2.29. The van der Waals surface area contributed by atoms with Crippen LogP contribution in [-0.2, 0) is 21.1 Å². The summed E-state index contributed by atoms with van der Waals surface area (Å²) in [6.07, 6.45) is 3.55. The average molecular weight is 406 g/mol. The summed E-state index contributed by atoms with van der Waals surface area (Å²) < 4.78 is 62.8. The maximum Gasteiger partial charge on any atom is 0.238 e. The number of carbonyl (C=O) groups is 1. The molecule has 1 heterocycles. The first-order chi connectivity index (χ1) is 12.5. The van der Waals surface area contributed by atoms with Crippen molar-refractivity contribution in [2.24, 2.45) is 5.73 Å². The van der Waals surface area contributed by atoms with Gasteiger partial charge in [-0.1, -0.05) is 0 Å².